The summed E-state index contributed by atoms with van der Waals surface area (Å²) in [6.07, 6.45) is -1.50. The molecule has 6 aromatic carbocycles. The summed E-state index contributed by atoms with van der Waals surface area (Å²) in [6.45, 7) is -0.198. The number of nitro groups is 1. The lowest BCUT2D eigenvalue weighted by atomic mass is 9.93. The van der Waals surface area contributed by atoms with Gasteiger partial charge in [-0.15, -0.1) is 0 Å². The van der Waals surface area contributed by atoms with Crippen LogP contribution in [0.15, 0.2) is 132 Å². The van der Waals surface area contributed by atoms with Gasteiger partial charge in [0.15, 0.2) is 0 Å². The molecule has 0 bridgehead atoms. The van der Waals surface area contributed by atoms with Crippen molar-refractivity contribution in [3.63, 3.8) is 0 Å². The number of nitriles is 1. The number of carbonyl (C=O) groups is 3. The predicted octanol–water partition coefficient (Wildman–Crippen LogP) is 8.02. The van der Waals surface area contributed by atoms with Crippen LogP contribution in [-0.4, -0.2) is 52.6 Å². The summed E-state index contributed by atoms with van der Waals surface area (Å²) in [5.74, 6) is -2.05. The van der Waals surface area contributed by atoms with Crippen LogP contribution in [0.1, 0.15) is 39.5 Å². The molecule has 2 aliphatic heterocycles. The fourth-order valence-corrected chi connectivity index (χ4v) is 9.49. The van der Waals surface area contributed by atoms with Crippen molar-refractivity contribution in [1.29, 1.82) is 5.26 Å². The monoisotopic (exact) mass is 931 g/mol. The number of aliphatic carboxylic acids is 1. The Morgan fingerprint density at radius 3 is 2.28 bits per heavy atom. The Morgan fingerprint density at radius 2 is 1.62 bits per heavy atom. The molecule has 65 heavy (non-hydrogen) atoms. The van der Waals surface area contributed by atoms with Crippen LogP contribution in [0.3, 0.4) is 0 Å². The number of nitrogens with zero attached hydrogens (tertiary/aromatic N) is 3. The van der Waals surface area contributed by atoms with E-state index in [-0.39, 0.29) is 30.9 Å². The van der Waals surface area contributed by atoms with Gasteiger partial charge < -0.3 is 25.2 Å². The third-order valence-corrected chi connectivity index (χ3v) is 13.6. The Bertz CT molecular complexity index is 3020. The molecule has 15 nitrogen and oxygen atoms in total. The summed E-state index contributed by atoms with van der Waals surface area (Å²) in [5.41, 5.74) is 4.68. The van der Waals surface area contributed by atoms with Crippen LogP contribution in [0, 0.1) is 21.4 Å². The van der Waals surface area contributed by atoms with Crippen molar-refractivity contribution in [1.82, 2.24) is 9.62 Å². The number of ether oxygens (including phenoxy) is 2. The SMILES string of the molecule is N#Cc1ccc(-c2ccc(C[C@H](NC(=O)[C@@H]3Cc4cc5c(cc4CN3S(=O)(=O)c3cccc([N+](=O)[O-])c3)OC(c3ccc(OCc4ccc(Cl)c(Cl)c4)cc3)C(=O)N5)C(=O)O)cc2)cc1. The number of fused-ring (bicyclic) bond motifs is 2. The van der Waals surface area contributed by atoms with Gasteiger partial charge in [-0.25, -0.2) is 13.2 Å². The van der Waals surface area contributed by atoms with Crippen molar-refractivity contribution in [2.24, 2.45) is 0 Å². The molecular weight excluding hydrogens is 898 g/mol. The number of carboxylic acids is 1. The van der Waals surface area contributed by atoms with E-state index in [1.54, 1.807) is 103 Å². The Kier molecular flexibility index (Phi) is 12.6. The van der Waals surface area contributed by atoms with Crippen LogP contribution in [0.4, 0.5) is 11.4 Å². The zero-order valence-corrected chi connectivity index (χ0v) is 36.1. The third kappa shape index (κ3) is 9.64. The number of rotatable bonds is 13. The zero-order chi connectivity index (χ0) is 46.0. The highest BCUT2D eigenvalue weighted by Gasteiger charge is 2.42. The summed E-state index contributed by atoms with van der Waals surface area (Å²) < 4.78 is 41.8. The number of anilines is 1. The maximum atomic E-state index is 14.4. The van der Waals surface area contributed by atoms with Crippen LogP contribution in [0.2, 0.25) is 10.0 Å². The number of carbonyl (C=O) groups excluding carboxylic acids is 2. The lowest BCUT2D eigenvalue weighted by Gasteiger charge is -2.36. The molecule has 8 rings (SSSR count). The lowest BCUT2D eigenvalue weighted by Crippen LogP contribution is -2.55. The van der Waals surface area contributed by atoms with Crippen molar-refractivity contribution in [3.8, 4) is 28.7 Å². The minimum Gasteiger partial charge on any atom is -0.489 e. The van der Waals surface area contributed by atoms with Crippen LogP contribution in [0.5, 0.6) is 11.5 Å². The zero-order valence-electron chi connectivity index (χ0n) is 33.8. The van der Waals surface area contributed by atoms with Gasteiger partial charge in [-0.3, -0.25) is 19.7 Å². The quantitative estimate of drug-likeness (QED) is 0.0744. The third-order valence-electron chi connectivity index (χ3n) is 11.0. The molecule has 0 radical (unpaired) electrons. The molecule has 0 aliphatic carbocycles. The molecule has 3 N–H and O–H groups in total. The summed E-state index contributed by atoms with van der Waals surface area (Å²) >= 11 is 12.1. The van der Waals surface area contributed by atoms with E-state index in [1.165, 1.54) is 12.1 Å². The van der Waals surface area contributed by atoms with E-state index in [2.05, 4.69) is 16.7 Å². The Hall–Kier alpha value is -7.29. The second-order valence-corrected chi connectivity index (χ2v) is 17.9. The van der Waals surface area contributed by atoms with Gasteiger partial charge in [-0.2, -0.15) is 9.57 Å². The number of benzene rings is 6. The second kappa shape index (κ2) is 18.4. The molecular formula is C47H35Cl2N5O10S. The smallest absolute Gasteiger partial charge is 0.326 e. The van der Waals surface area contributed by atoms with Crippen molar-refractivity contribution in [2.75, 3.05) is 5.32 Å². The molecule has 0 aromatic heterocycles. The van der Waals surface area contributed by atoms with E-state index < -0.39 is 68.0 Å². The number of hydrogen-bond acceptors (Lipinski definition) is 10. The minimum atomic E-state index is -4.65. The first-order chi connectivity index (χ1) is 31.2. The standard InChI is InChI=1S/C47H35Cl2N5O10S/c48-38-17-8-29(18-39(38)49)26-63-36-15-13-32(14-16-36)44-46(56)51-40-20-33-21-42(53(25-34(33)22-43(40)64-44)65(61,62)37-3-1-2-35(23-37)54(59)60)45(55)52-41(47(57)58)19-27-4-9-30(10-5-27)31-11-6-28(24-50)7-12-31/h1-18,20,22-23,41-42,44H,19,21,25-26H2,(H,51,56)(H,52,55)(H,57,58)/t41-,42-,44?/m0/s1. The first-order valence-corrected chi connectivity index (χ1v) is 22.1. The fraction of sp³-hybridized carbons (Fsp3) is 0.149. The van der Waals surface area contributed by atoms with Crippen LogP contribution >= 0.6 is 23.2 Å². The van der Waals surface area contributed by atoms with Gasteiger partial charge in [0.1, 0.15) is 30.2 Å². The molecule has 3 atom stereocenters. The van der Waals surface area contributed by atoms with Gasteiger partial charge >= 0.3 is 5.97 Å². The van der Waals surface area contributed by atoms with Crippen LogP contribution < -0.4 is 20.1 Å². The van der Waals surface area contributed by atoms with Crippen molar-refractivity contribution in [2.45, 2.75) is 49.1 Å². The molecule has 1 unspecified atom stereocenters. The molecule has 0 saturated carbocycles. The number of amides is 2. The number of nitro benzene ring substituents is 1. The average molecular weight is 933 g/mol. The number of halogens is 2. The van der Waals surface area contributed by atoms with Crippen molar-refractivity contribution in [3.05, 3.63) is 181 Å². The first-order valence-electron chi connectivity index (χ1n) is 19.9. The average Bonchev–Trinajstić information content (AvgIpc) is 3.31. The fourth-order valence-electron chi connectivity index (χ4n) is 7.56. The molecule has 328 valence electrons. The highest BCUT2D eigenvalue weighted by atomic mass is 35.5. The second-order valence-electron chi connectivity index (χ2n) is 15.2. The van der Waals surface area contributed by atoms with E-state index in [0.29, 0.717) is 43.6 Å². The summed E-state index contributed by atoms with van der Waals surface area (Å²) in [4.78, 5) is 50.8. The number of hydrogen-bond donors (Lipinski definition) is 3. The molecule has 2 aliphatic rings. The van der Waals surface area contributed by atoms with Crippen LogP contribution in [-0.2, 0) is 50.4 Å². The molecule has 0 saturated heterocycles. The topological polar surface area (TPSA) is 218 Å². The maximum absolute atomic E-state index is 14.4. The van der Waals surface area contributed by atoms with Gasteiger partial charge in [0.25, 0.3) is 11.6 Å². The van der Waals surface area contributed by atoms with Crippen molar-refractivity contribution >= 4 is 62.4 Å². The van der Waals surface area contributed by atoms with E-state index in [4.69, 9.17) is 37.9 Å². The van der Waals surface area contributed by atoms with E-state index >= 15 is 0 Å². The molecule has 0 fully saturated rings. The predicted molar refractivity (Wildman–Crippen MR) is 239 cm³/mol. The number of sulfonamides is 1. The number of carboxylic acid groups (broad SMARTS) is 1. The summed E-state index contributed by atoms with van der Waals surface area (Å²) in [7, 11) is -4.65. The van der Waals surface area contributed by atoms with E-state index in [9.17, 15) is 38.0 Å². The molecule has 18 heteroatoms. The van der Waals surface area contributed by atoms with Crippen LogP contribution in [0.25, 0.3) is 11.1 Å². The van der Waals surface area contributed by atoms with Gasteiger partial charge in [-0.1, -0.05) is 83.9 Å². The van der Waals surface area contributed by atoms with Gasteiger partial charge in [-0.05, 0) is 94.4 Å². The van der Waals surface area contributed by atoms with Gasteiger partial charge in [0.05, 0.1) is 37.2 Å². The summed E-state index contributed by atoms with van der Waals surface area (Å²) in [5, 5.41) is 37.2. The summed E-state index contributed by atoms with van der Waals surface area (Å²) in [6, 6.07) is 32.4. The molecule has 0 spiro atoms. The molecule has 2 amide bonds. The Labute approximate surface area is 381 Å². The maximum Gasteiger partial charge on any atom is 0.326 e. The molecule has 6 aromatic rings. The highest BCUT2D eigenvalue weighted by molar-refractivity contribution is 7.89. The van der Waals surface area contributed by atoms with E-state index in [1.807, 2.05) is 0 Å². The van der Waals surface area contributed by atoms with E-state index in [0.717, 1.165) is 33.1 Å². The molecule has 2 heterocycles. The lowest BCUT2D eigenvalue weighted by molar-refractivity contribution is -0.385. The number of non-ortho nitro benzene ring substituents is 1. The Balaban J connectivity index is 1.04. The van der Waals surface area contributed by atoms with Gasteiger partial charge in [0, 0.05) is 30.7 Å². The van der Waals surface area contributed by atoms with Crippen molar-refractivity contribution < 1.29 is 42.3 Å². The normalized spacial score (nSPS) is 16.1. The van der Waals surface area contributed by atoms with Gasteiger partial charge in [0.2, 0.25) is 22.0 Å². The highest BCUT2D eigenvalue weighted by Crippen LogP contribution is 2.41. The Morgan fingerprint density at radius 1 is 0.923 bits per heavy atom. The minimum absolute atomic E-state index is 0.151. The largest absolute Gasteiger partial charge is 0.489 e. The number of nitrogens with one attached hydrogen (secondary N) is 2. The first kappa shape index (κ1) is 44.3.